The SMILES string of the molecule is O=C1NCc2c(-c3ccc(F)cc3)nc(N3CCNCC3)nc2N1c1c(F)cccc1F. The van der Waals surface area contributed by atoms with E-state index in [9.17, 15) is 18.0 Å². The number of nitrogens with one attached hydrogen (secondary N) is 2. The molecule has 2 aliphatic heterocycles. The number of halogens is 3. The summed E-state index contributed by atoms with van der Waals surface area (Å²) in [6.45, 7) is 2.76. The van der Waals surface area contributed by atoms with Gasteiger partial charge in [0.25, 0.3) is 0 Å². The summed E-state index contributed by atoms with van der Waals surface area (Å²) in [7, 11) is 0. The van der Waals surface area contributed by atoms with Gasteiger partial charge in [-0.3, -0.25) is 0 Å². The molecule has 0 atom stereocenters. The van der Waals surface area contributed by atoms with E-state index in [1.54, 1.807) is 12.1 Å². The molecule has 3 heterocycles. The summed E-state index contributed by atoms with van der Waals surface area (Å²) in [5, 5.41) is 5.88. The number of rotatable bonds is 3. The minimum atomic E-state index is -0.890. The van der Waals surface area contributed by atoms with Gasteiger partial charge in [-0.15, -0.1) is 0 Å². The van der Waals surface area contributed by atoms with Crippen molar-refractivity contribution in [2.75, 3.05) is 36.0 Å². The third-order valence-corrected chi connectivity index (χ3v) is 5.48. The number of amides is 2. The molecule has 0 radical (unpaired) electrons. The minimum absolute atomic E-state index is 0.0648. The largest absolute Gasteiger partial charge is 0.338 e. The molecule has 1 saturated heterocycles. The van der Waals surface area contributed by atoms with Gasteiger partial charge in [-0.1, -0.05) is 6.07 Å². The van der Waals surface area contributed by atoms with Crippen LogP contribution in [0.15, 0.2) is 42.5 Å². The van der Waals surface area contributed by atoms with Crippen LogP contribution in [0.1, 0.15) is 5.56 Å². The van der Waals surface area contributed by atoms with Crippen molar-refractivity contribution in [1.82, 2.24) is 20.6 Å². The van der Waals surface area contributed by atoms with E-state index in [4.69, 9.17) is 4.98 Å². The highest BCUT2D eigenvalue weighted by atomic mass is 19.1. The molecule has 3 aromatic rings. The van der Waals surface area contributed by atoms with Crippen LogP contribution in [0.2, 0.25) is 0 Å². The number of piperazine rings is 1. The molecule has 0 saturated carbocycles. The highest BCUT2D eigenvalue weighted by Gasteiger charge is 2.34. The standard InChI is InChI=1S/C22H19F3N6O/c23-14-6-4-13(5-7-14)18-15-12-27-22(32)31(19-16(24)2-1-3-17(19)25)20(15)29-21(28-18)30-10-8-26-9-11-30/h1-7,26H,8-12H2,(H,27,32). The highest BCUT2D eigenvalue weighted by molar-refractivity contribution is 6.02. The number of nitrogens with zero attached hydrogens (tertiary/aromatic N) is 4. The van der Waals surface area contributed by atoms with Gasteiger partial charge in [0.15, 0.2) is 5.82 Å². The van der Waals surface area contributed by atoms with Crippen LogP contribution in [0.5, 0.6) is 0 Å². The molecule has 2 N–H and O–H groups in total. The zero-order chi connectivity index (χ0) is 22.2. The van der Waals surface area contributed by atoms with Gasteiger partial charge < -0.3 is 15.5 Å². The first kappa shape index (κ1) is 20.3. The Morgan fingerprint density at radius 3 is 2.28 bits per heavy atom. The maximum Gasteiger partial charge on any atom is 0.328 e. The monoisotopic (exact) mass is 440 g/mol. The lowest BCUT2D eigenvalue weighted by atomic mass is 10.0. The second-order valence-electron chi connectivity index (χ2n) is 7.48. The lowest BCUT2D eigenvalue weighted by molar-refractivity contribution is 0.246. The number of para-hydroxylation sites is 1. The van der Waals surface area contributed by atoms with Crippen LogP contribution < -0.4 is 20.4 Å². The third kappa shape index (κ3) is 3.52. The Balaban J connectivity index is 1.74. The van der Waals surface area contributed by atoms with Crippen molar-refractivity contribution >= 4 is 23.5 Å². The lowest BCUT2D eigenvalue weighted by Crippen LogP contribution is -2.46. The predicted octanol–water partition coefficient (Wildman–Crippen LogP) is 3.33. The van der Waals surface area contributed by atoms with Crippen LogP contribution in [0.25, 0.3) is 11.3 Å². The first-order valence-corrected chi connectivity index (χ1v) is 10.2. The van der Waals surface area contributed by atoms with Crippen molar-refractivity contribution < 1.29 is 18.0 Å². The fraction of sp³-hybridized carbons (Fsp3) is 0.227. The average Bonchev–Trinajstić information content (AvgIpc) is 2.80. The summed E-state index contributed by atoms with van der Waals surface area (Å²) in [5.74, 6) is -1.75. The van der Waals surface area contributed by atoms with Gasteiger partial charge in [-0.2, -0.15) is 4.98 Å². The minimum Gasteiger partial charge on any atom is -0.338 e. The van der Waals surface area contributed by atoms with Gasteiger partial charge in [0.2, 0.25) is 5.95 Å². The number of fused-ring (bicyclic) bond motifs is 1. The van der Waals surface area contributed by atoms with Crippen LogP contribution in [0.4, 0.5) is 35.4 Å². The summed E-state index contributed by atoms with van der Waals surface area (Å²) in [6, 6.07) is 8.46. The van der Waals surface area contributed by atoms with Gasteiger partial charge in [0, 0.05) is 37.3 Å². The smallest absolute Gasteiger partial charge is 0.328 e. The Morgan fingerprint density at radius 1 is 0.906 bits per heavy atom. The predicted molar refractivity (Wildman–Crippen MR) is 113 cm³/mol. The molecule has 2 aromatic carbocycles. The summed E-state index contributed by atoms with van der Waals surface area (Å²) in [5.41, 5.74) is 1.04. The molecule has 0 unspecified atom stereocenters. The van der Waals surface area contributed by atoms with Gasteiger partial charge in [0.1, 0.15) is 23.1 Å². The number of aromatic nitrogens is 2. The van der Waals surface area contributed by atoms with E-state index >= 15 is 0 Å². The summed E-state index contributed by atoms with van der Waals surface area (Å²) < 4.78 is 42.9. The fourth-order valence-corrected chi connectivity index (χ4v) is 3.91. The summed E-state index contributed by atoms with van der Waals surface area (Å²) >= 11 is 0. The Hall–Kier alpha value is -3.66. The van der Waals surface area contributed by atoms with Crippen molar-refractivity contribution in [3.05, 3.63) is 65.5 Å². The van der Waals surface area contributed by atoms with Crippen LogP contribution >= 0.6 is 0 Å². The molecule has 0 spiro atoms. The maximum atomic E-state index is 14.7. The summed E-state index contributed by atoms with van der Waals surface area (Å²) in [4.78, 5) is 24.9. The van der Waals surface area contributed by atoms with E-state index in [0.717, 1.165) is 30.1 Å². The highest BCUT2D eigenvalue weighted by Crippen LogP contribution is 2.38. The first-order chi connectivity index (χ1) is 15.5. The number of carbonyl (C=O) groups excluding carboxylic acids is 1. The van der Waals surface area contributed by atoms with Crippen LogP contribution in [0, 0.1) is 17.5 Å². The fourth-order valence-electron chi connectivity index (χ4n) is 3.91. The van der Waals surface area contributed by atoms with Crippen molar-refractivity contribution in [2.45, 2.75) is 6.54 Å². The topological polar surface area (TPSA) is 73.4 Å². The normalized spacial score (nSPS) is 16.0. The van der Waals surface area contributed by atoms with Crippen molar-refractivity contribution in [3.63, 3.8) is 0 Å². The second-order valence-corrected chi connectivity index (χ2v) is 7.48. The van der Waals surface area contributed by atoms with E-state index in [1.807, 2.05) is 4.90 Å². The molecule has 1 fully saturated rings. The van der Waals surface area contributed by atoms with Crippen molar-refractivity contribution in [1.29, 1.82) is 0 Å². The molecule has 5 rings (SSSR count). The molecular weight excluding hydrogens is 421 g/mol. The quantitative estimate of drug-likeness (QED) is 0.654. The maximum absolute atomic E-state index is 14.7. The molecule has 0 aliphatic carbocycles. The van der Waals surface area contributed by atoms with Crippen molar-refractivity contribution in [3.8, 4) is 11.3 Å². The molecule has 2 amide bonds. The van der Waals surface area contributed by atoms with Crippen LogP contribution in [-0.2, 0) is 6.54 Å². The van der Waals surface area contributed by atoms with E-state index in [0.29, 0.717) is 35.9 Å². The molecule has 0 bridgehead atoms. The first-order valence-electron chi connectivity index (χ1n) is 10.2. The Kier molecular flexibility index (Phi) is 5.14. The number of benzene rings is 2. The van der Waals surface area contributed by atoms with Gasteiger partial charge in [-0.05, 0) is 36.4 Å². The third-order valence-electron chi connectivity index (χ3n) is 5.48. The van der Waals surface area contributed by atoms with E-state index < -0.39 is 29.2 Å². The average molecular weight is 440 g/mol. The molecule has 2 aliphatic rings. The summed E-state index contributed by atoms with van der Waals surface area (Å²) in [6.07, 6.45) is 0. The van der Waals surface area contributed by atoms with E-state index in [1.165, 1.54) is 18.2 Å². The van der Waals surface area contributed by atoms with Gasteiger partial charge in [0.05, 0.1) is 12.2 Å². The zero-order valence-corrected chi connectivity index (χ0v) is 16.9. The number of anilines is 3. The molecule has 7 nitrogen and oxygen atoms in total. The molecule has 1 aromatic heterocycles. The van der Waals surface area contributed by atoms with Gasteiger partial charge >= 0.3 is 6.03 Å². The number of hydrogen-bond donors (Lipinski definition) is 2. The van der Waals surface area contributed by atoms with E-state index in [2.05, 4.69) is 15.6 Å². The van der Waals surface area contributed by atoms with E-state index in [-0.39, 0.29) is 12.4 Å². The lowest BCUT2D eigenvalue weighted by Gasteiger charge is -2.33. The number of carbonyl (C=O) groups is 1. The Bertz CT molecular complexity index is 1160. The van der Waals surface area contributed by atoms with Crippen molar-refractivity contribution in [2.24, 2.45) is 0 Å². The zero-order valence-electron chi connectivity index (χ0n) is 16.9. The second kappa shape index (κ2) is 8.12. The van der Waals surface area contributed by atoms with Crippen LogP contribution in [0.3, 0.4) is 0 Å². The Labute approximate surface area is 181 Å². The molecule has 32 heavy (non-hydrogen) atoms. The molecular formula is C22H19F3N6O. The Morgan fingerprint density at radius 2 is 1.59 bits per heavy atom. The van der Waals surface area contributed by atoms with Gasteiger partial charge in [-0.25, -0.2) is 27.8 Å². The van der Waals surface area contributed by atoms with Crippen LogP contribution in [-0.4, -0.2) is 42.2 Å². The molecule has 164 valence electrons. The number of hydrogen-bond acceptors (Lipinski definition) is 5. The molecule has 10 heteroatoms. The number of urea groups is 1.